The topological polar surface area (TPSA) is 71.5 Å². The summed E-state index contributed by atoms with van der Waals surface area (Å²) >= 11 is 0. The number of piperidine rings is 3. The van der Waals surface area contributed by atoms with Crippen LogP contribution in [-0.4, -0.2) is 41.7 Å². The number of nitrogens with zero attached hydrogens (tertiary/aromatic N) is 2. The first-order valence-electron chi connectivity index (χ1n) is 14.1. The maximum atomic E-state index is 14.4. The molecule has 3 aliphatic rings. The van der Waals surface area contributed by atoms with Gasteiger partial charge < -0.3 is 14.6 Å². The monoisotopic (exact) mass is 546 g/mol. The van der Waals surface area contributed by atoms with E-state index in [1.165, 1.54) is 0 Å². The second kappa shape index (κ2) is 11.2. The van der Waals surface area contributed by atoms with Gasteiger partial charge >= 0.3 is 5.97 Å². The zero-order valence-corrected chi connectivity index (χ0v) is 23.2. The van der Waals surface area contributed by atoms with Gasteiger partial charge in [0.15, 0.2) is 6.10 Å². The van der Waals surface area contributed by atoms with E-state index in [0.29, 0.717) is 30.3 Å². The van der Waals surface area contributed by atoms with Crippen molar-refractivity contribution in [1.82, 2.24) is 4.98 Å². The van der Waals surface area contributed by atoms with E-state index in [4.69, 9.17) is 9.47 Å². The van der Waals surface area contributed by atoms with Gasteiger partial charge in [0.1, 0.15) is 11.8 Å². The van der Waals surface area contributed by atoms with Crippen LogP contribution in [0.3, 0.4) is 0 Å². The minimum atomic E-state index is -0.679. The molecule has 7 rings (SSSR count). The van der Waals surface area contributed by atoms with Gasteiger partial charge in [0.05, 0.1) is 37.2 Å². The first-order valence-corrected chi connectivity index (χ1v) is 14.1. The summed E-state index contributed by atoms with van der Waals surface area (Å²) in [4.78, 5) is 18.2. The molecule has 6 nitrogen and oxygen atoms in total. The van der Waals surface area contributed by atoms with E-state index in [0.717, 1.165) is 34.9 Å². The van der Waals surface area contributed by atoms with E-state index in [9.17, 15) is 9.90 Å². The average molecular weight is 547 g/mol. The molecule has 4 aromatic rings. The average Bonchev–Trinajstić information content (AvgIpc) is 3.04. The van der Waals surface area contributed by atoms with Gasteiger partial charge in [-0.25, -0.2) is 4.79 Å². The number of carbonyl (C=O) groups excluding carboxylic acids is 1. The van der Waals surface area contributed by atoms with Crippen LogP contribution in [-0.2, 0) is 4.74 Å². The van der Waals surface area contributed by atoms with Gasteiger partial charge in [-0.15, -0.1) is 6.58 Å². The predicted molar refractivity (Wildman–Crippen MR) is 158 cm³/mol. The van der Waals surface area contributed by atoms with Gasteiger partial charge in [0.25, 0.3) is 0 Å². The molecule has 3 unspecified atom stereocenters. The van der Waals surface area contributed by atoms with Gasteiger partial charge in [0.2, 0.25) is 0 Å². The Morgan fingerprint density at radius 2 is 1.83 bits per heavy atom. The molecular weight excluding hydrogens is 512 g/mol. The van der Waals surface area contributed by atoms with E-state index in [2.05, 4.69) is 11.6 Å². The lowest BCUT2D eigenvalue weighted by molar-refractivity contribution is -0.975. The number of esters is 1. The molecule has 0 amide bonds. The normalized spacial score (nSPS) is 24.5. The first kappa shape index (κ1) is 26.8. The van der Waals surface area contributed by atoms with Gasteiger partial charge in [-0.05, 0) is 54.0 Å². The third kappa shape index (κ3) is 5.00. The smallest absolute Gasteiger partial charge is 0.338 e. The summed E-state index contributed by atoms with van der Waals surface area (Å²) in [5.74, 6) is 0.886. The number of benzene rings is 3. The van der Waals surface area contributed by atoms with Crippen LogP contribution in [0.25, 0.3) is 17.0 Å². The Morgan fingerprint density at radius 3 is 2.56 bits per heavy atom. The van der Waals surface area contributed by atoms with Crippen molar-refractivity contribution in [1.29, 1.82) is 0 Å². The third-order valence-corrected chi connectivity index (χ3v) is 8.93. The zero-order valence-electron chi connectivity index (χ0n) is 23.2. The zero-order chi connectivity index (χ0) is 28.4. The van der Waals surface area contributed by atoms with Crippen molar-refractivity contribution < 1.29 is 23.9 Å². The highest BCUT2D eigenvalue weighted by Crippen LogP contribution is 2.50. The van der Waals surface area contributed by atoms with Gasteiger partial charge in [-0.1, -0.05) is 54.6 Å². The number of ether oxygens (including phenoxy) is 2. The van der Waals surface area contributed by atoms with Crippen molar-refractivity contribution in [2.24, 2.45) is 11.8 Å². The predicted octanol–water partition coefficient (Wildman–Crippen LogP) is 5.91. The van der Waals surface area contributed by atoms with E-state index >= 15 is 0 Å². The quantitative estimate of drug-likeness (QED) is 0.119. The molecule has 3 saturated heterocycles. The highest BCUT2D eigenvalue weighted by molar-refractivity contribution is 5.90. The number of fused-ring (bicyclic) bond motifs is 4. The fourth-order valence-electron chi connectivity index (χ4n) is 6.79. The van der Waals surface area contributed by atoms with Crippen molar-refractivity contribution >= 4 is 22.9 Å². The van der Waals surface area contributed by atoms with Gasteiger partial charge in [0, 0.05) is 35.9 Å². The maximum Gasteiger partial charge on any atom is 0.338 e. The number of quaternary nitrogens is 1. The molecule has 41 heavy (non-hydrogen) atoms. The summed E-state index contributed by atoms with van der Waals surface area (Å²) < 4.78 is 12.2. The number of rotatable bonds is 8. The second-order valence-electron chi connectivity index (χ2n) is 11.1. The molecular formula is C35H34N2O4. The van der Waals surface area contributed by atoms with Crippen LogP contribution in [0.15, 0.2) is 110 Å². The molecule has 6 heteroatoms. The fraction of sp³-hybridized carbons (Fsp3) is 0.257. The van der Waals surface area contributed by atoms with Crippen LogP contribution in [0, 0.1) is 11.8 Å². The molecule has 2 bridgehead atoms. The number of carbonyl (C=O) groups is 1. The van der Waals surface area contributed by atoms with Crippen molar-refractivity contribution in [2.45, 2.75) is 25.0 Å². The molecule has 5 atom stereocenters. The standard InChI is InChI=1S/C35H34N2O4/c1-3-25-23-37(33(38)20-24-10-6-4-7-11-24)19-17-27(25)21-32(37)34(41-35(39)26-12-8-5-9-13-26)29-16-18-36-31-15-14-28(40-2)22-30(29)31/h3-16,18,20,22,25,27,32,34H,1,17,19,21,23H2,2H3/b33-20-/t25?,27?,32-,34-,37?/m0/s1. The van der Waals surface area contributed by atoms with E-state index < -0.39 is 12.1 Å². The Hall–Kier alpha value is -4.42. The summed E-state index contributed by atoms with van der Waals surface area (Å²) in [6.45, 7) is 5.43. The summed E-state index contributed by atoms with van der Waals surface area (Å²) in [6.07, 6.45) is 6.49. The largest absolute Gasteiger partial charge is 0.831 e. The SMILES string of the molecule is C=CC1C[N+]2(/C([O-])=C/c3ccccc3)CCC1C[C@H]2[C@@H](OC(=O)c1ccccc1)c1ccnc2ccc(OC)cc12. The minimum Gasteiger partial charge on any atom is -0.831 e. The lowest BCUT2D eigenvalue weighted by Gasteiger charge is -2.60. The Labute approximate surface area is 240 Å². The highest BCUT2D eigenvalue weighted by Gasteiger charge is 2.55. The van der Waals surface area contributed by atoms with Crippen LogP contribution in [0.1, 0.15) is 40.4 Å². The lowest BCUT2D eigenvalue weighted by Crippen LogP contribution is -2.69. The van der Waals surface area contributed by atoms with Crippen molar-refractivity contribution in [3.8, 4) is 5.75 Å². The number of aromatic nitrogens is 1. The summed E-state index contributed by atoms with van der Waals surface area (Å²) in [6, 6.07) is 26.1. The Morgan fingerprint density at radius 1 is 1.07 bits per heavy atom. The first-order chi connectivity index (χ1) is 20.0. The van der Waals surface area contributed by atoms with Crippen molar-refractivity contribution in [2.75, 3.05) is 20.2 Å². The molecule has 208 valence electrons. The van der Waals surface area contributed by atoms with E-state index in [-0.39, 0.29) is 22.3 Å². The van der Waals surface area contributed by atoms with Crippen molar-refractivity contribution in [3.05, 3.63) is 126 Å². The molecule has 3 aliphatic heterocycles. The summed E-state index contributed by atoms with van der Waals surface area (Å²) in [5.41, 5.74) is 2.94. The highest BCUT2D eigenvalue weighted by atomic mass is 16.5. The minimum absolute atomic E-state index is 0.0305. The van der Waals surface area contributed by atoms with Crippen LogP contribution in [0.2, 0.25) is 0 Å². The molecule has 0 saturated carbocycles. The van der Waals surface area contributed by atoms with Gasteiger partial charge in [-0.2, -0.15) is 0 Å². The molecule has 0 N–H and O–H groups in total. The number of methoxy groups -OCH3 is 1. The third-order valence-electron chi connectivity index (χ3n) is 8.93. The Balaban J connectivity index is 1.52. The van der Waals surface area contributed by atoms with Crippen LogP contribution < -0.4 is 9.84 Å². The molecule has 3 fully saturated rings. The number of hydrogen-bond donors (Lipinski definition) is 0. The maximum absolute atomic E-state index is 14.4. The van der Waals surface area contributed by atoms with Crippen LogP contribution in [0.5, 0.6) is 5.75 Å². The molecule has 0 radical (unpaired) electrons. The second-order valence-corrected chi connectivity index (χ2v) is 11.1. The van der Waals surface area contributed by atoms with Crippen molar-refractivity contribution in [3.63, 3.8) is 0 Å². The van der Waals surface area contributed by atoms with Crippen LogP contribution in [0.4, 0.5) is 0 Å². The molecule has 0 aliphatic carbocycles. The Bertz CT molecular complexity index is 1590. The molecule has 4 heterocycles. The van der Waals surface area contributed by atoms with E-state index in [1.54, 1.807) is 31.5 Å². The lowest BCUT2D eigenvalue weighted by atomic mass is 9.71. The van der Waals surface area contributed by atoms with E-state index in [1.807, 2.05) is 78.9 Å². The molecule has 1 aromatic heterocycles. The Kier molecular flexibility index (Phi) is 7.33. The summed E-state index contributed by atoms with van der Waals surface area (Å²) in [5, 5.41) is 15.2. The van der Waals surface area contributed by atoms with Crippen LogP contribution >= 0.6 is 0 Å². The summed E-state index contributed by atoms with van der Waals surface area (Å²) in [7, 11) is 1.63. The number of pyridine rings is 1. The number of hydrogen-bond acceptors (Lipinski definition) is 5. The fourth-order valence-corrected chi connectivity index (χ4v) is 6.79. The molecule has 0 spiro atoms. The molecule has 3 aromatic carbocycles. The van der Waals surface area contributed by atoms with Gasteiger partial charge in [-0.3, -0.25) is 9.47 Å².